The molecule has 1 saturated carbocycles. The van der Waals surface area contributed by atoms with E-state index in [1.807, 2.05) is 0 Å². The number of nitrogens with zero attached hydrogens (tertiary/aromatic N) is 3. The van der Waals surface area contributed by atoms with Gasteiger partial charge in [0, 0.05) is 11.1 Å². The lowest BCUT2D eigenvalue weighted by Crippen LogP contribution is -2.55. The second-order valence-corrected chi connectivity index (χ2v) is 13.1. The van der Waals surface area contributed by atoms with Crippen LogP contribution in [0.4, 0.5) is 5.69 Å². The number of benzene rings is 2. The Labute approximate surface area is 260 Å². The zero-order valence-electron chi connectivity index (χ0n) is 18.8. The minimum atomic E-state index is -2.18. The minimum Gasteiger partial charge on any atom is -0.272 e. The number of amides is 3. The summed E-state index contributed by atoms with van der Waals surface area (Å²) in [4.78, 5) is 48.5. The van der Waals surface area contributed by atoms with E-state index in [0.717, 1.165) is 6.07 Å². The number of carbonyl (C=O) groups is 3. The maximum Gasteiger partial charge on any atom is 0.275 e. The first-order valence-corrected chi connectivity index (χ1v) is 13.8. The Morgan fingerprint density at radius 1 is 0.923 bits per heavy atom. The normalized spacial score (nSPS) is 28.8. The van der Waals surface area contributed by atoms with Crippen LogP contribution in [0.25, 0.3) is 0 Å². The van der Waals surface area contributed by atoms with Crippen molar-refractivity contribution in [1.29, 1.82) is 0 Å². The van der Waals surface area contributed by atoms with E-state index in [2.05, 4.69) is 0 Å². The van der Waals surface area contributed by atoms with E-state index in [0.29, 0.717) is 10.0 Å². The van der Waals surface area contributed by atoms with Crippen molar-refractivity contribution in [3.63, 3.8) is 0 Å². The van der Waals surface area contributed by atoms with E-state index in [-0.39, 0.29) is 31.2 Å². The van der Waals surface area contributed by atoms with Crippen LogP contribution in [-0.2, 0) is 16.1 Å². The average Bonchev–Trinajstić information content (AvgIpc) is 3.26. The maximum absolute atomic E-state index is 13.9. The summed E-state index contributed by atoms with van der Waals surface area (Å²) in [6.45, 7) is -0.624. The van der Waals surface area contributed by atoms with Gasteiger partial charge in [-0.1, -0.05) is 81.7 Å². The molecule has 2 aliphatic carbocycles. The van der Waals surface area contributed by atoms with Crippen LogP contribution in [0.2, 0.25) is 10.0 Å². The molecule has 1 saturated heterocycles. The van der Waals surface area contributed by atoms with Crippen LogP contribution in [-0.4, -0.2) is 46.7 Å². The van der Waals surface area contributed by atoms with Gasteiger partial charge in [-0.3, -0.25) is 24.5 Å². The lowest BCUT2D eigenvalue weighted by atomic mass is 9.84. The zero-order valence-corrected chi connectivity index (χ0v) is 24.9. The Morgan fingerprint density at radius 2 is 1.46 bits per heavy atom. The van der Waals surface area contributed by atoms with Gasteiger partial charge in [-0.2, -0.15) is 5.01 Å². The van der Waals surface area contributed by atoms with Gasteiger partial charge in [0.1, 0.15) is 9.75 Å². The van der Waals surface area contributed by atoms with Crippen LogP contribution in [0, 0.1) is 22.0 Å². The van der Waals surface area contributed by atoms with Gasteiger partial charge in [0.05, 0.1) is 49.5 Å². The molecule has 0 unspecified atom stereocenters. The number of hydrazine groups is 1. The molecule has 0 aromatic heterocycles. The molecule has 2 fully saturated rings. The van der Waals surface area contributed by atoms with Crippen LogP contribution < -0.4 is 0 Å². The standard InChI is InChI=1S/C23H11Cl8N3O5/c24-10-6-5-9(13(7-10)34(38)39)8-32(18(35)11-3-1-2-4-12(11)25)33-19(36)14-15(20(33)37)22(29)17(27)16(26)21(14,28)23(22,30)31/h1-7,14-15H,8H2/t14-,15+,21-,22-/m1/s1. The van der Waals surface area contributed by atoms with Gasteiger partial charge < -0.3 is 0 Å². The number of nitro benzene ring substituents is 1. The largest absolute Gasteiger partial charge is 0.275 e. The molecule has 0 spiro atoms. The SMILES string of the molecule is O=C(c1ccccc1Cl)N(Cc1ccc(Cl)cc1[N+](=O)[O-])N1C(=O)[C@@H]2[C@H](C1=O)[C@@]1(Cl)C(Cl)=C(Cl)[C@@]2(Cl)C1(Cl)Cl. The van der Waals surface area contributed by atoms with Crippen molar-refractivity contribution in [1.82, 2.24) is 10.0 Å². The third-order valence-electron chi connectivity index (χ3n) is 7.03. The summed E-state index contributed by atoms with van der Waals surface area (Å²) in [6.07, 6.45) is 0. The van der Waals surface area contributed by atoms with Gasteiger partial charge in [0.15, 0.2) is 4.33 Å². The number of alkyl halides is 4. The Kier molecular flexibility index (Phi) is 7.09. The number of nitro groups is 1. The summed E-state index contributed by atoms with van der Waals surface area (Å²) in [5, 5.41) is 12.4. The van der Waals surface area contributed by atoms with E-state index in [1.54, 1.807) is 6.07 Å². The molecule has 2 aromatic rings. The molecule has 3 amide bonds. The fourth-order valence-corrected chi connectivity index (χ4v) is 8.54. The number of hydrogen-bond acceptors (Lipinski definition) is 5. The highest BCUT2D eigenvalue weighted by atomic mass is 35.5. The van der Waals surface area contributed by atoms with Crippen molar-refractivity contribution in [2.45, 2.75) is 20.6 Å². The van der Waals surface area contributed by atoms with Crippen molar-refractivity contribution in [3.8, 4) is 0 Å². The first-order valence-electron chi connectivity index (χ1n) is 10.8. The molecular weight excluding hydrogens is 682 g/mol. The fourth-order valence-electron chi connectivity index (χ4n) is 5.23. The molecule has 0 radical (unpaired) electrons. The van der Waals surface area contributed by atoms with E-state index < -0.39 is 60.8 Å². The molecule has 3 aliphatic rings. The van der Waals surface area contributed by atoms with Crippen LogP contribution in [0.5, 0.6) is 0 Å². The Bertz CT molecular complexity index is 1490. The molecule has 1 heterocycles. The highest BCUT2D eigenvalue weighted by Crippen LogP contribution is 2.77. The minimum absolute atomic E-state index is 0.00613. The lowest BCUT2D eigenvalue weighted by Gasteiger charge is -2.37. The van der Waals surface area contributed by atoms with E-state index in [4.69, 9.17) is 92.8 Å². The monoisotopic (exact) mass is 689 g/mol. The summed E-state index contributed by atoms with van der Waals surface area (Å²) in [6, 6.07) is 9.54. The zero-order chi connectivity index (χ0) is 28.8. The van der Waals surface area contributed by atoms with Gasteiger partial charge in [-0.05, 0) is 24.3 Å². The van der Waals surface area contributed by atoms with Crippen LogP contribution in [0.1, 0.15) is 15.9 Å². The van der Waals surface area contributed by atoms with Gasteiger partial charge in [0.2, 0.25) is 0 Å². The maximum atomic E-state index is 13.9. The molecule has 0 N–H and O–H groups in total. The number of rotatable bonds is 5. The first-order chi connectivity index (χ1) is 18.1. The molecule has 204 valence electrons. The lowest BCUT2D eigenvalue weighted by molar-refractivity contribution is -0.385. The van der Waals surface area contributed by atoms with Crippen molar-refractivity contribution in [3.05, 3.63) is 83.8 Å². The Hall–Kier alpha value is -1.49. The van der Waals surface area contributed by atoms with Gasteiger partial charge in [0.25, 0.3) is 23.4 Å². The third kappa shape index (κ3) is 3.69. The van der Waals surface area contributed by atoms with E-state index in [9.17, 15) is 24.5 Å². The van der Waals surface area contributed by atoms with Gasteiger partial charge in [-0.25, -0.2) is 5.01 Å². The number of carbonyl (C=O) groups excluding carboxylic acids is 3. The number of imide groups is 1. The van der Waals surface area contributed by atoms with E-state index in [1.165, 1.54) is 30.3 Å². The predicted octanol–water partition coefficient (Wildman–Crippen LogP) is 6.91. The number of fused-ring (bicyclic) bond motifs is 5. The van der Waals surface area contributed by atoms with Crippen molar-refractivity contribution >= 4 is 116 Å². The summed E-state index contributed by atoms with van der Waals surface area (Å²) in [5.74, 6) is -6.04. The highest BCUT2D eigenvalue weighted by molar-refractivity contribution is 6.66. The highest BCUT2D eigenvalue weighted by Gasteiger charge is 2.88. The quantitative estimate of drug-likeness (QED) is 0.147. The molecular formula is C23H11Cl8N3O5. The average molecular weight is 693 g/mol. The van der Waals surface area contributed by atoms with Crippen molar-refractivity contribution < 1.29 is 19.3 Å². The molecule has 1 aliphatic heterocycles. The molecule has 16 heteroatoms. The van der Waals surface area contributed by atoms with Crippen molar-refractivity contribution in [2.75, 3.05) is 0 Å². The number of allylic oxidation sites excluding steroid dienone is 2. The molecule has 2 bridgehead atoms. The molecule has 2 aromatic carbocycles. The molecule has 39 heavy (non-hydrogen) atoms. The van der Waals surface area contributed by atoms with Crippen molar-refractivity contribution in [2.24, 2.45) is 11.8 Å². The third-order valence-corrected chi connectivity index (χ3v) is 11.9. The smallest absolute Gasteiger partial charge is 0.272 e. The summed E-state index contributed by atoms with van der Waals surface area (Å²) in [5.41, 5.74) is -0.615. The second kappa shape index (κ2) is 9.53. The van der Waals surface area contributed by atoms with Crippen LogP contribution in [0.15, 0.2) is 52.5 Å². The fraction of sp³-hybridized carbons (Fsp3) is 0.261. The molecule has 8 nitrogen and oxygen atoms in total. The summed E-state index contributed by atoms with van der Waals surface area (Å²) >= 11 is 51.5. The molecule has 4 atom stereocenters. The summed E-state index contributed by atoms with van der Waals surface area (Å²) < 4.78 is -2.18. The van der Waals surface area contributed by atoms with E-state index >= 15 is 0 Å². The topological polar surface area (TPSA) is 101 Å². The first kappa shape index (κ1) is 29.0. The number of hydrogen-bond donors (Lipinski definition) is 0. The van der Waals surface area contributed by atoms with Gasteiger partial charge in [-0.15, -0.1) is 23.2 Å². The second-order valence-electron chi connectivity index (χ2n) is 8.94. The Morgan fingerprint density at radius 3 is 1.97 bits per heavy atom. The Balaban J connectivity index is 1.66. The van der Waals surface area contributed by atoms with Crippen LogP contribution >= 0.6 is 92.8 Å². The summed E-state index contributed by atoms with van der Waals surface area (Å²) in [7, 11) is 0. The number of halogens is 8. The predicted molar refractivity (Wildman–Crippen MR) is 149 cm³/mol. The van der Waals surface area contributed by atoms with Crippen LogP contribution in [0.3, 0.4) is 0 Å². The van der Waals surface area contributed by atoms with Gasteiger partial charge >= 0.3 is 0 Å². The molecule has 5 rings (SSSR count).